The molecule has 0 saturated carbocycles. The van der Waals surface area contributed by atoms with Crippen molar-refractivity contribution in [2.75, 3.05) is 5.75 Å². The van der Waals surface area contributed by atoms with E-state index in [2.05, 4.69) is 36.3 Å². The number of carbonyl (C=O) groups is 1. The second kappa shape index (κ2) is 5.97. The largest absolute Gasteiger partial charge is 0.352 e. The lowest BCUT2D eigenvalue weighted by atomic mass is 9.88. The SMILES string of the molecule is C[C@H](NC(=O)CSc1n[nH]c(=S)s1)C(C)(C)C. The Hall–Kier alpha value is -0.400. The van der Waals surface area contributed by atoms with Gasteiger partial charge in [-0.15, -0.1) is 0 Å². The van der Waals surface area contributed by atoms with Crippen LogP contribution >= 0.6 is 35.3 Å². The zero-order valence-electron chi connectivity index (χ0n) is 10.4. The molecule has 0 unspecified atom stereocenters. The molecule has 1 aromatic rings. The first kappa shape index (κ1) is 14.7. The predicted octanol–water partition coefficient (Wildman–Crippen LogP) is 2.84. The summed E-state index contributed by atoms with van der Waals surface area (Å²) in [7, 11) is 0. The second-order valence-corrected chi connectivity index (χ2v) is 7.71. The second-order valence-electron chi connectivity index (χ2n) is 4.82. The van der Waals surface area contributed by atoms with Gasteiger partial charge in [0.05, 0.1) is 5.75 Å². The molecule has 4 nitrogen and oxygen atoms in total. The van der Waals surface area contributed by atoms with Crippen molar-refractivity contribution in [1.82, 2.24) is 15.5 Å². The van der Waals surface area contributed by atoms with Gasteiger partial charge in [-0.3, -0.25) is 9.89 Å². The highest BCUT2D eigenvalue weighted by Crippen LogP contribution is 2.21. The highest BCUT2D eigenvalue weighted by Gasteiger charge is 2.21. The Balaban J connectivity index is 2.38. The van der Waals surface area contributed by atoms with Gasteiger partial charge in [-0.1, -0.05) is 43.9 Å². The van der Waals surface area contributed by atoms with Crippen LogP contribution in [0.25, 0.3) is 0 Å². The Morgan fingerprint density at radius 2 is 2.29 bits per heavy atom. The molecule has 1 amide bonds. The lowest BCUT2D eigenvalue weighted by molar-refractivity contribution is -0.119. The van der Waals surface area contributed by atoms with Crippen molar-refractivity contribution < 1.29 is 4.79 Å². The predicted molar refractivity (Wildman–Crippen MR) is 75.1 cm³/mol. The van der Waals surface area contributed by atoms with Gasteiger partial charge in [0, 0.05) is 6.04 Å². The van der Waals surface area contributed by atoms with E-state index in [0.717, 1.165) is 4.34 Å². The van der Waals surface area contributed by atoms with Crippen LogP contribution in [-0.2, 0) is 4.79 Å². The van der Waals surface area contributed by atoms with Gasteiger partial charge in [0.25, 0.3) is 0 Å². The van der Waals surface area contributed by atoms with Gasteiger partial charge < -0.3 is 5.32 Å². The van der Waals surface area contributed by atoms with Crippen molar-refractivity contribution in [2.24, 2.45) is 5.41 Å². The zero-order chi connectivity index (χ0) is 13.1. The standard InChI is InChI=1S/C10H17N3OS3/c1-6(10(2,3)4)11-7(14)5-16-9-13-12-8(15)17-9/h6H,5H2,1-4H3,(H,11,14)(H,12,15)/t6-/m0/s1. The molecule has 0 fully saturated rings. The smallest absolute Gasteiger partial charge is 0.230 e. The number of hydrogen-bond donors (Lipinski definition) is 2. The van der Waals surface area contributed by atoms with Crippen LogP contribution in [0.4, 0.5) is 0 Å². The summed E-state index contributed by atoms with van der Waals surface area (Å²) >= 11 is 7.70. The van der Waals surface area contributed by atoms with E-state index in [-0.39, 0.29) is 17.4 Å². The van der Waals surface area contributed by atoms with Crippen molar-refractivity contribution in [3.63, 3.8) is 0 Å². The van der Waals surface area contributed by atoms with Gasteiger partial charge >= 0.3 is 0 Å². The van der Waals surface area contributed by atoms with E-state index in [1.54, 1.807) is 0 Å². The van der Waals surface area contributed by atoms with Gasteiger partial charge in [-0.2, -0.15) is 5.10 Å². The monoisotopic (exact) mass is 291 g/mol. The third kappa shape index (κ3) is 5.18. The molecule has 7 heteroatoms. The third-order valence-electron chi connectivity index (χ3n) is 2.42. The van der Waals surface area contributed by atoms with Crippen LogP contribution in [0.15, 0.2) is 4.34 Å². The highest BCUT2D eigenvalue weighted by molar-refractivity contribution is 8.01. The number of carbonyl (C=O) groups excluding carboxylic acids is 1. The first-order valence-electron chi connectivity index (χ1n) is 5.26. The van der Waals surface area contributed by atoms with E-state index >= 15 is 0 Å². The van der Waals surface area contributed by atoms with Crippen LogP contribution < -0.4 is 5.32 Å². The van der Waals surface area contributed by atoms with Gasteiger partial charge in [-0.25, -0.2) is 0 Å². The molecule has 1 rings (SSSR count). The lowest BCUT2D eigenvalue weighted by Gasteiger charge is -2.27. The number of aromatic amines is 1. The molecule has 17 heavy (non-hydrogen) atoms. The first-order valence-corrected chi connectivity index (χ1v) is 7.48. The molecule has 2 N–H and O–H groups in total. The third-order valence-corrected chi connectivity index (χ3v) is 4.65. The number of rotatable bonds is 4. The van der Waals surface area contributed by atoms with Crippen LogP contribution in [0.2, 0.25) is 0 Å². The lowest BCUT2D eigenvalue weighted by Crippen LogP contribution is -2.42. The summed E-state index contributed by atoms with van der Waals surface area (Å²) in [5, 5.41) is 9.65. The summed E-state index contributed by atoms with van der Waals surface area (Å²) in [6.45, 7) is 8.32. The number of aromatic nitrogens is 2. The maximum atomic E-state index is 11.7. The molecule has 1 aromatic heterocycles. The van der Waals surface area contributed by atoms with Crippen molar-refractivity contribution in [1.29, 1.82) is 0 Å². The van der Waals surface area contributed by atoms with Crippen molar-refractivity contribution in [3.05, 3.63) is 3.95 Å². The molecule has 0 bridgehead atoms. The molecule has 1 atom stereocenters. The van der Waals surface area contributed by atoms with Gasteiger partial charge in [0.15, 0.2) is 8.29 Å². The number of nitrogens with zero attached hydrogens (tertiary/aromatic N) is 1. The number of thioether (sulfide) groups is 1. The van der Waals surface area contributed by atoms with Gasteiger partial charge in [0.1, 0.15) is 0 Å². The maximum absolute atomic E-state index is 11.7. The molecule has 0 saturated heterocycles. The van der Waals surface area contributed by atoms with Crippen LogP contribution in [0.5, 0.6) is 0 Å². The Bertz CT molecular complexity index is 432. The minimum Gasteiger partial charge on any atom is -0.352 e. The average Bonchev–Trinajstić information content (AvgIpc) is 2.60. The summed E-state index contributed by atoms with van der Waals surface area (Å²) < 4.78 is 1.43. The Labute approximate surface area is 115 Å². The minimum absolute atomic E-state index is 0.0264. The molecule has 0 radical (unpaired) electrons. The van der Waals surface area contributed by atoms with Gasteiger partial charge in [0.2, 0.25) is 5.91 Å². The number of hydrogen-bond acceptors (Lipinski definition) is 5. The van der Waals surface area contributed by atoms with E-state index in [1.807, 2.05) is 6.92 Å². The zero-order valence-corrected chi connectivity index (χ0v) is 12.8. The van der Waals surface area contributed by atoms with Gasteiger partial charge in [-0.05, 0) is 24.6 Å². The van der Waals surface area contributed by atoms with Crippen molar-refractivity contribution >= 4 is 41.2 Å². The molecule has 0 aliphatic heterocycles. The topological polar surface area (TPSA) is 57.8 Å². The van der Waals surface area contributed by atoms with E-state index in [4.69, 9.17) is 12.2 Å². The summed E-state index contributed by atoms with van der Waals surface area (Å²) in [6, 6.07) is 0.146. The highest BCUT2D eigenvalue weighted by atomic mass is 32.2. The fraction of sp³-hybridized carbons (Fsp3) is 0.700. The Morgan fingerprint density at radius 3 is 2.76 bits per heavy atom. The van der Waals surface area contributed by atoms with E-state index in [1.165, 1.54) is 23.1 Å². The Morgan fingerprint density at radius 1 is 1.65 bits per heavy atom. The van der Waals surface area contributed by atoms with E-state index in [0.29, 0.717) is 9.71 Å². The molecular formula is C10H17N3OS3. The van der Waals surface area contributed by atoms with E-state index < -0.39 is 0 Å². The molecule has 0 aliphatic carbocycles. The molecule has 96 valence electrons. The fourth-order valence-corrected chi connectivity index (χ4v) is 2.80. The quantitative estimate of drug-likeness (QED) is 0.661. The minimum atomic E-state index is 0.0264. The Kier molecular flexibility index (Phi) is 5.15. The summed E-state index contributed by atoms with van der Waals surface area (Å²) in [6.07, 6.45) is 0. The molecule has 0 aliphatic rings. The average molecular weight is 291 g/mol. The summed E-state index contributed by atoms with van der Waals surface area (Å²) in [5.74, 6) is 0.398. The molecule has 0 aromatic carbocycles. The molecular weight excluding hydrogens is 274 g/mol. The maximum Gasteiger partial charge on any atom is 0.230 e. The summed E-state index contributed by atoms with van der Waals surface area (Å²) in [5.41, 5.74) is 0.0725. The van der Waals surface area contributed by atoms with Crippen molar-refractivity contribution in [3.8, 4) is 0 Å². The van der Waals surface area contributed by atoms with Crippen LogP contribution in [0, 0.1) is 9.37 Å². The van der Waals surface area contributed by atoms with Crippen LogP contribution in [-0.4, -0.2) is 27.9 Å². The fourth-order valence-electron chi connectivity index (χ4n) is 0.905. The number of amides is 1. The summed E-state index contributed by atoms with van der Waals surface area (Å²) in [4.78, 5) is 11.7. The van der Waals surface area contributed by atoms with Crippen molar-refractivity contribution in [2.45, 2.75) is 38.1 Å². The number of nitrogens with one attached hydrogen (secondary N) is 2. The normalized spacial score (nSPS) is 13.4. The first-order chi connectivity index (χ1) is 7.79. The van der Waals surface area contributed by atoms with E-state index in [9.17, 15) is 4.79 Å². The number of H-pyrrole nitrogens is 1. The van der Waals surface area contributed by atoms with Crippen LogP contribution in [0.1, 0.15) is 27.7 Å². The molecule has 1 heterocycles. The molecule has 0 spiro atoms. The van der Waals surface area contributed by atoms with Crippen LogP contribution in [0.3, 0.4) is 0 Å².